The molecule has 1 aliphatic heterocycles. The number of fused-ring (bicyclic) bond motifs is 1. The third-order valence-corrected chi connectivity index (χ3v) is 8.59. The van der Waals surface area contributed by atoms with Crippen molar-refractivity contribution in [1.82, 2.24) is 10.2 Å². The molecule has 2 aromatic carbocycles. The van der Waals surface area contributed by atoms with Gasteiger partial charge in [0.15, 0.2) is 9.84 Å². The van der Waals surface area contributed by atoms with Crippen LogP contribution < -0.4 is 10.1 Å². The first-order valence-electron chi connectivity index (χ1n) is 12.8. The lowest BCUT2D eigenvalue weighted by Gasteiger charge is -2.40. The predicted molar refractivity (Wildman–Crippen MR) is 139 cm³/mol. The number of carbonyl (C=O) groups excluding carboxylic acids is 1. The molecule has 206 valence electrons. The monoisotopic (exact) mass is 550 g/mol. The normalized spacial score (nSPS) is 17.9. The van der Waals surface area contributed by atoms with E-state index in [1.807, 2.05) is 0 Å². The van der Waals surface area contributed by atoms with Crippen LogP contribution in [0.25, 0.3) is 5.57 Å². The van der Waals surface area contributed by atoms with E-state index in [0.29, 0.717) is 25.1 Å². The number of rotatable bonds is 8. The largest absolute Gasteiger partial charge is 0.573 e. The Bertz CT molecular complexity index is 1300. The van der Waals surface area contributed by atoms with Crippen molar-refractivity contribution in [3.05, 3.63) is 65.7 Å². The fraction of sp³-hybridized carbons (Fsp3) is 0.464. The summed E-state index contributed by atoms with van der Waals surface area (Å²) in [5, 5.41) is 3.24. The SMILES string of the molecule is C=C(C(=O)NC1(CCN2CCc3cc(OC(F)(F)F)ccc3C2)CCCCC1)c1cccc(S(C)(=O)=O)c1. The number of alkyl halides is 3. The molecule has 10 heteroatoms. The highest BCUT2D eigenvalue weighted by Crippen LogP contribution is 2.34. The van der Waals surface area contributed by atoms with Crippen molar-refractivity contribution in [2.24, 2.45) is 0 Å². The standard InChI is InChI=1S/C28H33F3N2O4S/c1-20(21-7-6-8-25(18-21)38(2,35)36)26(34)32-27(12-4-3-5-13-27)14-16-33-15-11-22-17-24(37-28(29,30)31)10-9-23(22)19-33/h6-10,17-18H,1,3-5,11-16,19H2,2H3,(H,32,34). The van der Waals surface area contributed by atoms with Crippen molar-refractivity contribution in [2.75, 3.05) is 19.3 Å². The number of amides is 1. The number of hydrogen-bond acceptors (Lipinski definition) is 5. The molecule has 1 amide bonds. The highest BCUT2D eigenvalue weighted by Gasteiger charge is 2.35. The third kappa shape index (κ3) is 7.17. The van der Waals surface area contributed by atoms with E-state index in [-0.39, 0.29) is 22.1 Å². The first kappa shape index (κ1) is 28.2. The molecule has 4 rings (SSSR count). The van der Waals surface area contributed by atoms with Crippen molar-refractivity contribution in [2.45, 2.75) is 68.3 Å². The summed E-state index contributed by atoms with van der Waals surface area (Å²) >= 11 is 0. The Morgan fingerprint density at radius 1 is 1.11 bits per heavy atom. The Balaban J connectivity index is 1.41. The summed E-state index contributed by atoms with van der Waals surface area (Å²) in [6.45, 7) is 6.01. The van der Waals surface area contributed by atoms with Gasteiger partial charge in [-0.15, -0.1) is 13.2 Å². The topological polar surface area (TPSA) is 75.7 Å². The molecule has 0 unspecified atom stereocenters. The summed E-state index contributed by atoms with van der Waals surface area (Å²) in [7, 11) is -3.41. The van der Waals surface area contributed by atoms with Gasteiger partial charge < -0.3 is 10.1 Å². The fourth-order valence-electron chi connectivity index (χ4n) is 5.38. The van der Waals surface area contributed by atoms with Gasteiger partial charge in [-0.05, 0) is 66.6 Å². The summed E-state index contributed by atoms with van der Waals surface area (Å²) in [4.78, 5) is 15.7. The molecule has 1 heterocycles. The van der Waals surface area contributed by atoms with Crippen LogP contribution in [0.2, 0.25) is 0 Å². The molecule has 1 saturated carbocycles. The first-order chi connectivity index (χ1) is 17.8. The number of nitrogens with one attached hydrogen (secondary N) is 1. The number of carbonyl (C=O) groups is 1. The van der Waals surface area contributed by atoms with E-state index in [1.165, 1.54) is 24.3 Å². The van der Waals surface area contributed by atoms with Crippen molar-refractivity contribution in [1.29, 1.82) is 0 Å². The van der Waals surface area contributed by atoms with E-state index in [9.17, 15) is 26.4 Å². The first-order valence-corrected chi connectivity index (χ1v) is 14.6. The number of sulfone groups is 1. The molecule has 0 saturated heterocycles. The summed E-state index contributed by atoms with van der Waals surface area (Å²) in [5.74, 6) is -0.505. The van der Waals surface area contributed by atoms with E-state index in [2.05, 4.69) is 21.5 Å². The van der Waals surface area contributed by atoms with Crippen LogP contribution in [0.4, 0.5) is 13.2 Å². The average Bonchev–Trinajstić information content (AvgIpc) is 2.86. The average molecular weight is 551 g/mol. The van der Waals surface area contributed by atoms with Crippen LogP contribution in [0.3, 0.4) is 0 Å². The van der Waals surface area contributed by atoms with Crippen LogP contribution in [-0.4, -0.2) is 50.5 Å². The maximum absolute atomic E-state index is 13.3. The quantitative estimate of drug-likeness (QED) is 0.454. The molecule has 38 heavy (non-hydrogen) atoms. The van der Waals surface area contributed by atoms with Crippen LogP contribution in [0.5, 0.6) is 5.75 Å². The molecule has 1 fully saturated rings. The molecule has 2 aliphatic rings. The lowest BCUT2D eigenvalue weighted by atomic mass is 9.78. The predicted octanol–water partition coefficient (Wildman–Crippen LogP) is 5.27. The summed E-state index contributed by atoms with van der Waals surface area (Å²) in [5.41, 5.74) is 2.14. The minimum absolute atomic E-state index is 0.138. The molecule has 0 bridgehead atoms. The number of halogens is 3. The number of ether oxygens (including phenoxy) is 1. The Morgan fingerprint density at radius 3 is 2.53 bits per heavy atom. The van der Waals surface area contributed by atoms with Crippen molar-refractivity contribution < 1.29 is 31.1 Å². The van der Waals surface area contributed by atoms with Crippen molar-refractivity contribution in [3.63, 3.8) is 0 Å². The van der Waals surface area contributed by atoms with E-state index < -0.39 is 21.7 Å². The molecule has 0 radical (unpaired) electrons. The zero-order valence-electron chi connectivity index (χ0n) is 21.4. The Morgan fingerprint density at radius 2 is 1.84 bits per heavy atom. The third-order valence-electron chi connectivity index (χ3n) is 7.48. The van der Waals surface area contributed by atoms with Gasteiger partial charge in [-0.1, -0.05) is 44.0 Å². The Labute approximate surface area is 221 Å². The van der Waals surface area contributed by atoms with Crippen LogP contribution >= 0.6 is 0 Å². The fourth-order valence-corrected chi connectivity index (χ4v) is 6.04. The molecule has 0 spiro atoms. The molecule has 2 aromatic rings. The smallest absolute Gasteiger partial charge is 0.406 e. The van der Waals surface area contributed by atoms with Gasteiger partial charge in [0.05, 0.1) is 4.90 Å². The van der Waals surface area contributed by atoms with E-state index in [0.717, 1.165) is 62.5 Å². The minimum atomic E-state index is -4.71. The van der Waals surface area contributed by atoms with Crippen LogP contribution in [0.1, 0.15) is 55.2 Å². The summed E-state index contributed by atoms with van der Waals surface area (Å²) in [6.07, 6.45) is 2.57. The molecule has 1 N–H and O–H groups in total. The van der Waals surface area contributed by atoms with Gasteiger partial charge in [-0.25, -0.2) is 8.42 Å². The Hall–Kier alpha value is -2.85. The van der Waals surface area contributed by atoms with Crippen LogP contribution in [-0.2, 0) is 27.6 Å². The van der Waals surface area contributed by atoms with E-state index in [4.69, 9.17) is 0 Å². The summed E-state index contributed by atoms with van der Waals surface area (Å²) in [6, 6.07) is 10.8. The van der Waals surface area contributed by atoms with Gasteiger partial charge >= 0.3 is 6.36 Å². The van der Waals surface area contributed by atoms with Crippen molar-refractivity contribution >= 4 is 21.3 Å². The lowest BCUT2D eigenvalue weighted by Crippen LogP contribution is -2.51. The van der Waals surface area contributed by atoms with Gasteiger partial charge in [0.2, 0.25) is 0 Å². The van der Waals surface area contributed by atoms with Crippen LogP contribution in [0, 0.1) is 0 Å². The number of hydrogen-bond donors (Lipinski definition) is 1. The highest BCUT2D eigenvalue weighted by molar-refractivity contribution is 7.90. The molecule has 0 atom stereocenters. The number of nitrogens with zero attached hydrogens (tertiary/aromatic N) is 1. The zero-order valence-corrected chi connectivity index (χ0v) is 22.3. The van der Waals surface area contributed by atoms with Gasteiger partial charge in [0.25, 0.3) is 5.91 Å². The maximum atomic E-state index is 13.3. The second-order valence-electron chi connectivity index (χ2n) is 10.3. The van der Waals surface area contributed by atoms with Crippen LogP contribution in [0.15, 0.2) is 53.9 Å². The Kier molecular flexibility index (Phi) is 8.23. The second-order valence-corrected chi connectivity index (χ2v) is 12.3. The molecular formula is C28H33F3N2O4S. The van der Waals surface area contributed by atoms with Gasteiger partial charge in [-0.2, -0.15) is 0 Å². The van der Waals surface area contributed by atoms with Gasteiger partial charge in [0.1, 0.15) is 5.75 Å². The number of benzene rings is 2. The van der Waals surface area contributed by atoms with Crippen molar-refractivity contribution in [3.8, 4) is 5.75 Å². The zero-order chi connectivity index (χ0) is 27.6. The minimum Gasteiger partial charge on any atom is -0.406 e. The van der Waals surface area contributed by atoms with E-state index >= 15 is 0 Å². The molecule has 6 nitrogen and oxygen atoms in total. The lowest BCUT2D eigenvalue weighted by molar-refractivity contribution is -0.274. The molecule has 1 aliphatic carbocycles. The molecular weight excluding hydrogens is 517 g/mol. The van der Waals surface area contributed by atoms with Gasteiger partial charge in [0, 0.05) is 37.0 Å². The van der Waals surface area contributed by atoms with E-state index in [1.54, 1.807) is 18.2 Å². The highest BCUT2D eigenvalue weighted by atomic mass is 32.2. The summed E-state index contributed by atoms with van der Waals surface area (Å²) < 4.78 is 65.6. The van der Waals surface area contributed by atoms with Gasteiger partial charge in [-0.3, -0.25) is 9.69 Å². The molecule has 0 aromatic heterocycles. The second kappa shape index (κ2) is 11.1. The maximum Gasteiger partial charge on any atom is 0.573 e.